The Hall–Kier alpha value is -0.410. The molecule has 82 valence electrons. The lowest BCUT2D eigenvalue weighted by atomic mass is 9.96. The molecule has 0 aromatic heterocycles. The van der Waals surface area contributed by atoms with E-state index in [0.717, 1.165) is 16.6 Å². The highest BCUT2D eigenvalue weighted by Gasteiger charge is 2.36. The van der Waals surface area contributed by atoms with E-state index in [9.17, 15) is 4.39 Å². The Morgan fingerprint density at radius 2 is 2.33 bits per heavy atom. The van der Waals surface area contributed by atoms with Gasteiger partial charge in [0.1, 0.15) is 5.67 Å². The Morgan fingerprint density at radius 1 is 1.53 bits per heavy atom. The maximum Gasteiger partial charge on any atom is 0.128 e. The van der Waals surface area contributed by atoms with Crippen LogP contribution in [0.2, 0.25) is 0 Å². The minimum Gasteiger partial charge on any atom is -0.303 e. The summed E-state index contributed by atoms with van der Waals surface area (Å²) < 4.78 is 15.3. The summed E-state index contributed by atoms with van der Waals surface area (Å²) in [6.07, 6.45) is 1.17. The third kappa shape index (κ3) is 2.79. The molecule has 1 fully saturated rings. The van der Waals surface area contributed by atoms with E-state index in [-0.39, 0.29) is 0 Å². The smallest absolute Gasteiger partial charge is 0.128 e. The van der Waals surface area contributed by atoms with Gasteiger partial charge in [0.2, 0.25) is 0 Å². The van der Waals surface area contributed by atoms with Gasteiger partial charge in [0.05, 0.1) is 0 Å². The van der Waals surface area contributed by atoms with Gasteiger partial charge in [-0.15, -0.1) is 0 Å². The van der Waals surface area contributed by atoms with E-state index >= 15 is 0 Å². The molecule has 1 atom stereocenters. The molecule has 0 bridgehead atoms. The standard InChI is InChI=1S/C12H15BrFN/c1-15-6-5-12(14,9-15)8-10-3-2-4-11(13)7-10/h2-4,7H,5-6,8-9H2,1H3. The van der Waals surface area contributed by atoms with Gasteiger partial charge in [-0.2, -0.15) is 0 Å². The van der Waals surface area contributed by atoms with Crippen LogP contribution in [-0.2, 0) is 6.42 Å². The van der Waals surface area contributed by atoms with Crippen molar-refractivity contribution in [3.05, 3.63) is 34.3 Å². The van der Waals surface area contributed by atoms with E-state index < -0.39 is 5.67 Å². The lowest BCUT2D eigenvalue weighted by Crippen LogP contribution is -2.29. The normalized spacial score (nSPS) is 27.1. The molecule has 1 saturated heterocycles. The molecule has 15 heavy (non-hydrogen) atoms. The summed E-state index contributed by atoms with van der Waals surface area (Å²) in [4.78, 5) is 2.05. The molecule has 1 aliphatic rings. The van der Waals surface area contributed by atoms with Crippen LogP contribution in [0, 0.1) is 0 Å². The molecule has 1 heterocycles. The minimum atomic E-state index is -1.03. The Morgan fingerprint density at radius 3 is 2.93 bits per heavy atom. The van der Waals surface area contributed by atoms with Gasteiger partial charge in [0, 0.05) is 24.0 Å². The SMILES string of the molecule is CN1CCC(F)(Cc2cccc(Br)c2)C1. The lowest BCUT2D eigenvalue weighted by Gasteiger charge is -2.19. The van der Waals surface area contributed by atoms with Gasteiger partial charge in [-0.25, -0.2) is 4.39 Å². The highest BCUT2D eigenvalue weighted by molar-refractivity contribution is 9.10. The second kappa shape index (κ2) is 4.22. The van der Waals surface area contributed by atoms with Crippen LogP contribution in [-0.4, -0.2) is 30.7 Å². The van der Waals surface area contributed by atoms with Crippen LogP contribution < -0.4 is 0 Å². The number of halogens is 2. The van der Waals surface area contributed by atoms with E-state index in [1.807, 2.05) is 31.3 Å². The molecule has 1 nitrogen and oxygen atoms in total. The molecule has 1 unspecified atom stereocenters. The first-order valence-corrected chi connectivity index (χ1v) is 5.99. The summed E-state index contributed by atoms with van der Waals surface area (Å²) in [6.45, 7) is 1.42. The minimum absolute atomic E-state index is 0.525. The monoisotopic (exact) mass is 271 g/mol. The highest BCUT2D eigenvalue weighted by atomic mass is 79.9. The van der Waals surface area contributed by atoms with Gasteiger partial charge in [0.25, 0.3) is 0 Å². The average molecular weight is 272 g/mol. The van der Waals surface area contributed by atoms with Gasteiger partial charge in [-0.3, -0.25) is 0 Å². The van der Waals surface area contributed by atoms with Crippen molar-refractivity contribution in [2.75, 3.05) is 20.1 Å². The van der Waals surface area contributed by atoms with E-state index in [1.165, 1.54) is 0 Å². The molecule has 0 radical (unpaired) electrons. The van der Waals surface area contributed by atoms with Gasteiger partial charge in [-0.05, 0) is 31.2 Å². The van der Waals surface area contributed by atoms with Crippen molar-refractivity contribution in [3.63, 3.8) is 0 Å². The molecular weight excluding hydrogens is 257 g/mol. The van der Waals surface area contributed by atoms with Crippen LogP contribution in [0.4, 0.5) is 4.39 Å². The van der Waals surface area contributed by atoms with Gasteiger partial charge in [0.15, 0.2) is 0 Å². The summed E-state index contributed by atoms with van der Waals surface area (Å²) in [5.41, 5.74) is 0.0393. The first kappa shape index (κ1) is 11.1. The number of rotatable bonds is 2. The third-order valence-electron chi connectivity index (χ3n) is 2.90. The van der Waals surface area contributed by atoms with Crippen molar-refractivity contribution < 1.29 is 4.39 Å². The summed E-state index contributed by atoms with van der Waals surface area (Å²) in [5, 5.41) is 0. The molecule has 1 aromatic carbocycles. The lowest BCUT2D eigenvalue weighted by molar-refractivity contribution is 0.173. The number of hydrogen-bond donors (Lipinski definition) is 0. The first-order chi connectivity index (χ1) is 7.07. The van der Waals surface area contributed by atoms with Crippen molar-refractivity contribution in [1.29, 1.82) is 0 Å². The molecule has 0 amide bonds. The number of benzene rings is 1. The van der Waals surface area contributed by atoms with E-state index in [4.69, 9.17) is 0 Å². The van der Waals surface area contributed by atoms with Crippen LogP contribution in [0.3, 0.4) is 0 Å². The summed E-state index contributed by atoms with van der Waals surface area (Å²) in [6, 6.07) is 7.92. The maximum atomic E-state index is 14.3. The van der Waals surface area contributed by atoms with Crippen LogP contribution in [0.15, 0.2) is 28.7 Å². The van der Waals surface area contributed by atoms with E-state index in [2.05, 4.69) is 20.8 Å². The Balaban J connectivity index is 2.08. The van der Waals surface area contributed by atoms with Crippen molar-refractivity contribution >= 4 is 15.9 Å². The second-order valence-electron chi connectivity index (χ2n) is 4.45. The van der Waals surface area contributed by atoms with Crippen LogP contribution in [0.25, 0.3) is 0 Å². The fourth-order valence-electron chi connectivity index (χ4n) is 2.19. The molecule has 0 spiro atoms. The first-order valence-electron chi connectivity index (χ1n) is 5.19. The quantitative estimate of drug-likeness (QED) is 0.800. The van der Waals surface area contributed by atoms with Crippen molar-refractivity contribution in [1.82, 2.24) is 4.90 Å². The zero-order valence-corrected chi connectivity index (χ0v) is 10.4. The number of hydrogen-bond acceptors (Lipinski definition) is 1. The molecular formula is C12H15BrFN. The Kier molecular flexibility index (Phi) is 3.12. The molecule has 0 N–H and O–H groups in total. The van der Waals surface area contributed by atoms with E-state index in [1.54, 1.807) is 0 Å². The van der Waals surface area contributed by atoms with Gasteiger partial charge in [-0.1, -0.05) is 28.1 Å². The van der Waals surface area contributed by atoms with Crippen LogP contribution in [0.1, 0.15) is 12.0 Å². The molecule has 0 saturated carbocycles. The largest absolute Gasteiger partial charge is 0.303 e. The van der Waals surface area contributed by atoms with Gasteiger partial charge < -0.3 is 4.90 Å². The molecule has 1 aliphatic heterocycles. The van der Waals surface area contributed by atoms with Crippen molar-refractivity contribution in [3.8, 4) is 0 Å². The zero-order chi connectivity index (χ0) is 10.9. The summed E-state index contributed by atoms with van der Waals surface area (Å²) in [7, 11) is 1.97. The maximum absolute atomic E-state index is 14.3. The second-order valence-corrected chi connectivity index (χ2v) is 5.36. The fraction of sp³-hybridized carbons (Fsp3) is 0.500. The molecule has 1 aromatic rings. The zero-order valence-electron chi connectivity index (χ0n) is 8.84. The van der Waals surface area contributed by atoms with Crippen LogP contribution >= 0.6 is 15.9 Å². The molecule has 2 rings (SSSR count). The molecule has 0 aliphatic carbocycles. The Labute approximate surface area is 98.4 Å². The summed E-state index contributed by atoms with van der Waals surface area (Å²) in [5.74, 6) is 0. The third-order valence-corrected chi connectivity index (χ3v) is 3.40. The fourth-order valence-corrected chi connectivity index (χ4v) is 2.64. The topological polar surface area (TPSA) is 3.24 Å². The summed E-state index contributed by atoms with van der Waals surface area (Å²) >= 11 is 3.41. The van der Waals surface area contributed by atoms with Gasteiger partial charge >= 0.3 is 0 Å². The van der Waals surface area contributed by atoms with Crippen LogP contribution in [0.5, 0.6) is 0 Å². The highest BCUT2D eigenvalue weighted by Crippen LogP contribution is 2.29. The predicted molar refractivity (Wildman–Crippen MR) is 63.8 cm³/mol. The average Bonchev–Trinajstić information content (AvgIpc) is 2.45. The molecule has 3 heteroatoms. The van der Waals surface area contributed by atoms with Crippen molar-refractivity contribution in [2.24, 2.45) is 0 Å². The van der Waals surface area contributed by atoms with Crippen molar-refractivity contribution in [2.45, 2.75) is 18.5 Å². The predicted octanol–water partition coefficient (Wildman–Crippen LogP) is 3.04. The Bertz CT molecular complexity index is 355. The van der Waals surface area contributed by atoms with E-state index in [0.29, 0.717) is 19.4 Å². The number of alkyl halides is 1. The number of likely N-dealkylation sites (tertiary alicyclic amines) is 1. The number of nitrogens with zero attached hydrogens (tertiary/aromatic N) is 1.